The molecule has 0 radical (unpaired) electrons. The average Bonchev–Trinajstić information content (AvgIpc) is 2.98. The first-order chi connectivity index (χ1) is 14.2. The molecule has 2 aromatic rings. The van der Waals surface area contributed by atoms with Crippen molar-refractivity contribution in [3.63, 3.8) is 0 Å². The summed E-state index contributed by atoms with van der Waals surface area (Å²) in [6, 6.07) is 12.1. The molecule has 1 N–H and O–H groups in total. The van der Waals surface area contributed by atoms with Crippen molar-refractivity contribution in [2.24, 2.45) is 4.40 Å². The summed E-state index contributed by atoms with van der Waals surface area (Å²) in [5.74, 6) is -0.246. The van der Waals surface area contributed by atoms with Crippen molar-refractivity contribution in [3.05, 3.63) is 59.7 Å². The summed E-state index contributed by atoms with van der Waals surface area (Å²) in [5, 5.41) is 2.79. The number of nitrogens with zero attached hydrogens (tertiary/aromatic N) is 2. The highest BCUT2D eigenvalue weighted by molar-refractivity contribution is 7.90. The molecule has 0 fully saturated rings. The minimum atomic E-state index is -3.80. The minimum Gasteiger partial charge on any atom is -0.434 e. The molecule has 160 valence electrons. The largest absolute Gasteiger partial charge is 0.434 e. The average molecular weight is 437 g/mol. The summed E-state index contributed by atoms with van der Waals surface area (Å²) in [5.41, 5.74) is 0.859. The van der Waals surface area contributed by atoms with Gasteiger partial charge in [0.2, 0.25) is 5.91 Å². The maximum absolute atomic E-state index is 12.7. The Morgan fingerprint density at radius 3 is 2.53 bits per heavy atom. The van der Waals surface area contributed by atoms with Crippen molar-refractivity contribution in [1.82, 2.24) is 10.2 Å². The second-order valence-corrected chi connectivity index (χ2v) is 8.26. The highest BCUT2D eigenvalue weighted by atomic mass is 32.2. The SMILES string of the molecule is CCC(NC(=O)CN(C)C1=NS(=O)(=O)c2ccccc21)c1ccccc1OC(F)F. The van der Waals surface area contributed by atoms with Gasteiger partial charge in [-0.15, -0.1) is 4.40 Å². The molecule has 1 aliphatic heterocycles. The Bertz CT molecular complexity index is 1070. The van der Waals surface area contributed by atoms with Gasteiger partial charge in [0.05, 0.1) is 12.6 Å². The number of sulfonamides is 1. The summed E-state index contributed by atoms with van der Waals surface area (Å²) >= 11 is 0. The monoisotopic (exact) mass is 437 g/mol. The normalized spacial score (nSPS) is 15.3. The number of ether oxygens (including phenoxy) is 1. The van der Waals surface area contributed by atoms with Gasteiger partial charge in [-0.05, 0) is 24.6 Å². The van der Waals surface area contributed by atoms with Gasteiger partial charge in [0.1, 0.15) is 10.6 Å². The molecule has 0 bridgehead atoms. The van der Waals surface area contributed by atoms with Crippen LogP contribution >= 0.6 is 0 Å². The van der Waals surface area contributed by atoms with Crippen molar-refractivity contribution in [2.45, 2.75) is 30.9 Å². The fourth-order valence-corrected chi connectivity index (χ4v) is 4.52. The number of hydrogen-bond acceptors (Lipinski definition) is 5. The standard InChI is InChI=1S/C20H21F2N3O4S/c1-3-15(13-8-4-6-10-16(13)29-20(21)22)23-18(26)12-25(2)19-14-9-5-7-11-17(14)30(27,28)24-19/h4-11,15,20H,3,12H2,1-2H3,(H,23,26). The molecule has 1 aliphatic rings. The van der Waals surface area contributed by atoms with E-state index in [1.54, 1.807) is 50.4 Å². The summed E-state index contributed by atoms with van der Waals surface area (Å²) in [4.78, 5) is 14.1. The van der Waals surface area contributed by atoms with E-state index in [2.05, 4.69) is 14.5 Å². The first-order valence-corrected chi connectivity index (χ1v) is 10.7. The molecule has 0 saturated heterocycles. The van der Waals surface area contributed by atoms with E-state index in [-0.39, 0.29) is 23.0 Å². The lowest BCUT2D eigenvalue weighted by molar-refractivity contribution is -0.122. The van der Waals surface area contributed by atoms with Gasteiger partial charge in [-0.1, -0.05) is 37.3 Å². The smallest absolute Gasteiger partial charge is 0.387 e. The van der Waals surface area contributed by atoms with Gasteiger partial charge in [-0.3, -0.25) is 4.79 Å². The molecule has 10 heteroatoms. The molecule has 1 amide bonds. The van der Waals surface area contributed by atoms with E-state index in [9.17, 15) is 22.0 Å². The van der Waals surface area contributed by atoms with Crippen LogP contribution in [-0.2, 0) is 14.8 Å². The molecule has 7 nitrogen and oxygen atoms in total. The first-order valence-electron chi connectivity index (χ1n) is 9.21. The molecular formula is C20H21F2N3O4S. The number of carbonyl (C=O) groups excluding carboxylic acids is 1. The van der Waals surface area contributed by atoms with Gasteiger partial charge in [-0.25, -0.2) is 0 Å². The van der Waals surface area contributed by atoms with Crippen molar-refractivity contribution in [2.75, 3.05) is 13.6 Å². The van der Waals surface area contributed by atoms with E-state index < -0.39 is 28.6 Å². The predicted octanol–water partition coefficient (Wildman–Crippen LogP) is 2.94. The molecule has 3 rings (SSSR count). The predicted molar refractivity (Wildman–Crippen MR) is 107 cm³/mol. The summed E-state index contributed by atoms with van der Waals surface area (Å²) in [7, 11) is -2.24. The van der Waals surface area contributed by atoms with Crippen LogP contribution in [0.2, 0.25) is 0 Å². The van der Waals surface area contributed by atoms with Crippen LogP contribution in [0.25, 0.3) is 0 Å². The summed E-state index contributed by atoms with van der Waals surface area (Å²) in [6.45, 7) is -1.35. The molecule has 0 spiro atoms. The van der Waals surface area contributed by atoms with Crippen LogP contribution in [0.1, 0.15) is 30.5 Å². The fraction of sp³-hybridized carbons (Fsp3) is 0.300. The third-order valence-electron chi connectivity index (χ3n) is 4.61. The molecule has 2 aromatic carbocycles. The van der Waals surface area contributed by atoms with E-state index in [1.165, 1.54) is 17.0 Å². The number of carbonyl (C=O) groups is 1. The Morgan fingerprint density at radius 2 is 1.83 bits per heavy atom. The lowest BCUT2D eigenvalue weighted by atomic mass is 10.0. The molecule has 1 atom stereocenters. The molecular weight excluding hydrogens is 416 g/mol. The fourth-order valence-electron chi connectivity index (χ4n) is 3.27. The zero-order valence-corrected chi connectivity index (χ0v) is 17.2. The minimum absolute atomic E-state index is 0.00630. The second kappa shape index (κ2) is 8.78. The van der Waals surface area contributed by atoms with E-state index >= 15 is 0 Å². The van der Waals surface area contributed by atoms with Crippen LogP contribution in [0.3, 0.4) is 0 Å². The number of hydrogen-bond donors (Lipinski definition) is 1. The van der Waals surface area contributed by atoms with Gasteiger partial charge in [0, 0.05) is 18.2 Å². The third-order valence-corrected chi connectivity index (χ3v) is 5.93. The number of likely N-dealkylation sites (N-methyl/N-ethyl adjacent to an activating group) is 1. The van der Waals surface area contributed by atoms with Crippen LogP contribution in [-0.4, -0.2) is 45.3 Å². The second-order valence-electron chi connectivity index (χ2n) is 6.69. The molecule has 1 unspecified atom stereocenters. The topological polar surface area (TPSA) is 88.1 Å². The van der Waals surface area contributed by atoms with E-state index in [4.69, 9.17) is 0 Å². The summed E-state index contributed by atoms with van der Waals surface area (Å²) < 4.78 is 58.1. The highest BCUT2D eigenvalue weighted by Crippen LogP contribution is 2.29. The maximum atomic E-state index is 12.7. The zero-order chi connectivity index (χ0) is 21.9. The number of amides is 1. The Kier molecular flexibility index (Phi) is 6.35. The van der Waals surface area contributed by atoms with Crippen molar-refractivity contribution in [3.8, 4) is 5.75 Å². The molecule has 0 saturated carbocycles. The molecule has 0 aromatic heterocycles. The Morgan fingerprint density at radius 1 is 1.17 bits per heavy atom. The van der Waals surface area contributed by atoms with Crippen LogP contribution in [0, 0.1) is 0 Å². The Hall–Kier alpha value is -3.01. The van der Waals surface area contributed by atoms with Gasteiger partial charge in [0.15, 0.2) is 5.84 Å². The first kappa shape index (κ1) is 21.7. The van der Waals surface area contributed by atoms with Gasteiger partial charge < -0.3 is 15.0 Å². The molecule has 0 aliphatic carbocycles. The maximum Gasteiger partial charge on any atom is 0.387 e. The van der Waals surface area contributed by atoms with Gasteiger partial charge in [-0.2, -0.15) is 17.2 Å². The number of nitrogens with one attached hydrogen (secondary N) is 1. The number of amidine groups is 1. The highest BCUT2D eigenvalue weighted by Gasteiger charge is 2.31. The number of alkyl halides is 2. The van der Waals surface area contributed by atoms with E-state index in [0.717, 1.165) is 0 Å². The number of rotatable bonds is 7. The quantitative estimate of drug-likeness (QED) is 0.720. The lowest BCUT2D eigenvalue weighted by Crippen LogP contribution is -2.39. The van der Waals surface area contributed by atoms with Crippen molar-refractivity contribution >= 4 is 21.8 Å². The van der Waals surface area contributed by atoms with E-state index in [1.807, 2.05) is 0 Å². The summed E-state index contributed by atoms with van der Waals surface area (Å²) in [6.07, 6.45) is 0.442. The van der Waals surface area contributed by atoms with Crippen LogP contribution in [0.15, 0.2) is 57.8 Å². The zero-order valence-electron chi connectivity index (χ0n) is 16.4. The number of fused-ring (bicyclic) bond motifs is 1. The van der Waals surface area contributed by atoms with Crippen molar-refractivity contribution < 1.29 is 26.7 Å². The van der Waals surface area contributed by atoms with Gasteiger partial charge in [0.25, 0.3) is 10.0 Å². The van der Waals surface area contributed by atoms with Crippen LogP contribution in [0.4, 0.5) is 8.78 Å². The Labute approximate surface area is 173 Å². The van der Waals surface area contributed by atoms with Crippen molar-refractivity contribution in [1.29, 1.82) is 0 Å². The van der Waals surface area contributed by atoms with Gasteiger partial charge >= 0.3 is 6.61 Å². The number of halogens is 2. The van der Waals surface area contributed by atoms with Crippen LogP contribution < -0.4 is 10.1 Å². The molecule has 1 heterocycles. The third kappa shape index (κ3) is 4.59. The molecule has 30 heavy (non-hydrogen) atoms. The number of para-hydroxylation sites is 1. The van der Waals surface area contributed by atoms with Crippen LogP contribution in [0.5, 0.6) is 5.75 Å². The Balaban J connectivity index is 1.74. The lowest BCUT2D eigenvalue weighted by Gasteiger charge is -2.23. The van der Waals surface area contributed by atoms with E-state index in [0.29, 0.717) is 17.5 Å². The number of benzene rings is 2.